The first-order chi connectivity index (χ1) is 5.74. The lowest BCUT2D eigenvalue weighted by molar-refractivity contribution is 0.0697. The second-order valence-corrected chi connectivity index (χ2v) is 2.75. The molecule has 1 N–H and O–H groups in total. The largest absolute Gasteiger partial charge is 0.478 e. The molecule has 0 aliphatic rings. The number of benzene rings is 1. The normalized spacial score (nSPS) is 9.42. The molecular weight excluding hydrogens is 151 g/mol. The first-order valence-electron chi connectivity index (χ1n) is 4.06. The smallest absolute Gasteiger partial charge is 0.335 e. The van der Waals surface area contributed by atoms with Crippen LogP contribution >= 0.6 is 0 Å². The molecule has 0 bridgehead atoms. The number of hydrogen-bond acceptors (Lipinski definition) is 1. The highest BCUT2D eigenvalue weighted by atomic mass is 16.4. The summed E-state index contributed by atoms with van der Waals surface area (Å²) in [7, 11) is 1.09. The Kier molecular flexibility index (Phi) is 2.91. The van der Waals surface area contributed by atoms with E-state index >= 15 is 0 Å². The van der Waals surface area contributed by atoms with Gasteiger partial charge >= 0.3 is 5.97 Å². The van der Waals surface area contributed by atoms with Gasteiger partial charge in [-0.25, -0.2) is 4.79 Å². The summed E-state index contributed by atoms with van der Waals surface area (Å²) >= 11 is 0. The van der Waals surface area contributed by atoms with Gasteiger partial charge in [0.2, 0.25) is 0 Å². The molecule has 12 heavy (non-hydrogen) atoms. The molecule has 1 aromatic carbocycles. The average molecular weight is 162 g/mol. The number of carbonyl (C=O) groups is 1. The van der Waals surface area contributed by atoms with Crippen molar-refractivity contribution in [2.75, 3.05) is 0 Å². The van der Waals surface area contributed by atoms with E-state index in [0.717, 1.165) is 13.6 Å². The minimum absolute atomic E-state index is 0.356. The highest BCUT2D eigenvalue weighted by Gasteiger charge is 2.00. The standard InChI is InChI=1S/C9H11BO2/c1-10-6-7-2-4-8(5-3-7)9(11)12/h2-5,10H,6H2,1H3,(H,11,12). The Morgan fingerprint density at radius 1 is 1.42 bits per heavy atom. The van der Waals surface area contributed by atoms with Crippen molar-refractivity contribution >= 4 is 13.2 Å². The molecule has 0 heterocycles. The van der Waals surface area contributed by atoms with Crippen LogP contribution in [0, 0.1) is 0 Å². The highest BCUT2D eigenvalue weighted by Crippen LogP contribution is 2.04. The fourth-order valence-electron chi connectivity index (χ4n) is 1.10. The van der Waals surface area contributed by atoms with Crippen molar-refractivity contribution in [3.63, 3.8) is 0 Å². The van der Waals surface area contributed by atoms with Gasteiger partial charge in [-0.1, -0.05) is 30.8 Å². The molecule has 3 heteroatoms. The van der Waals surface area contributed by atoms with E-state index in [1.54, 1.807) is 12.1 Å². The van der Waals surface area contributed by atoms with Crippen LogP contribution in [-0.2, 0) is 6.32 Å². The summed E-state index contributed by atoms with van der Waals surface area (Å²) in [5.74, 6) is -0.863. The summed E-state index contributed by atoms with van der Waals surface area (Å²) in [5.41, 5.74) is 1.55. The van der Waals surface area contributed by atoms with Crippen molar-refractivity contribution in [3.05, 3.63) is 35.4 Å². The zero-order valence-corrected chi connectivity index (χ0v) is 7.08. The van der Waals surface area contributed by atoms with E-state index in [1.165, 1.54) is 5.56 Å². The van der Waals surface area contributed by atoms with Crippen LogP contribution in [0.5, 0.6) is 0 Å². The first kappa shape index (κ1) is 8.85. The summed E-state index contributed by atoms with van der Waals surface area (Å²) < 4.78 is 0. The Labute approximate surface area is 72.5 Å². The van der Waals surface area contributed by atoms with Crippen molar-refractivity contribution in [3.8, 4) is 0 Å². The first-order valence-corrected chi connectivity index (χ1v) is 4.06. The second-order valence-electron chi connectivity index (χ2n) is 2.75. The number of carboxylic acid groups (broad SMARTS) is 1. The summed E-state index contributed by atoms with van der Waals surface area (Å²) in [6.07, 6.45) is 1.01. The van der Waals surface area contributed by atoms with Gasteiger partial charge in [0.15, 0.2) is 0 Å². The van der Waals surface area contributed by atoms with Crippen LogP contribution in [0.2, 0.25) is 6.82 Å². The fourth-order valence-corrected chi connectivity index (χ4v) is 1.10. The van der Waals surface area contributed by atoms with Gasteiger partial charge in [0.05, 0.1) is 5.56 Å². The Bertz CT molecular complexity index is 266. The summed E-state index contributed by atoms with van der Waals surface area (Å²) in [4.78, 5) is 10.5. The Morgan fingerprint density at radius 2 is 2.00 bits per heavy atom. The van der Waals surface area contributed by atoms with Crippen molar-refractivity contribution < 1.29 is 9.90 Å². The van der Waals surface area contributed by atoms with Gasteiger partial charge in [0.1, 0.15) is 7.28 Å². The summed E-state index contributed by atoms with van der Waals surface area (Å²) in [5, 5.41) is 8.61. The zero-order valence-electron chi connectivity index (χ0n) is 7.08. The zero-order chi connectivity index (χ0) is 8.97. The van der Waals surface area contributed by atoms with E-state index in [2.05, 4.69) is 6.82 Å². The molecule has 0 aliphatic heterocycles. The molecule has 0 fully saturated rings. The number of hydrogen-bond donors (Lipinski definition) is 1. The van der Waals surface area contributed by atoms with Crippen molar-refractivity contribution in [1.29, 1.82) is 0 Å². The lowest BCUT2D eigenvalue weighted by Crippen LogP contribution is -1.97. The molecule has 0 aliphatic carbocycles. The third-order valence-electron chi connectivity index (χ3n) is 1.74. The topological polar surface area (TPSA) is 37.3 Å². The van der Waals surface area contributed by atoms with Gasteiger partial charge in [-0.05, 0) is 12.1 Å². The third kappa shape index (κ3) is 2.12. The molecule has 0 amide bonds. The van der Waals surface area contributed by atoms with Crippen LogP contribution in [0.25, 0.3) is 0 Å². The molecule has 0 saturated heterocycles. The molecule has 0 saturated carbocycles. The average Bonchev–Trinajstić information content (AvgIpc) is 2.06. The summed E-state index contributed by atoms with van der Waals surface area (Å²) in [6, 6.07) is 7.03. The van der Waals surface area contributed by atoms with Crippen LogP contribution in [0.4, 0.5) is 0 Å². The van der Waals surface area contributed by atoms with Crippen molar-refractivity contribution in [2.45, 2.75) is 13.1 Å². The monoisotopic (exact) mass is 162 g/mol. The van der Waals surface area contributed by atoms with Crippen LogP contribution in [-0.4, -0.2) is 18.4 Å². The van der Waals surface area contributed by atoms with Gasteiger partial charge in [0, 0.05) is 0 Å². The molecular formula is C9H11BO2. The van der Waals surface area contributed by atoms with Crippen molar-refractivity contribution in [1.82, 2.24) is 0 Å². The van der Waals surface area contributed by atoms with E-state index in [-0.39, 0.29) is 0 Å². The van der Waals surface area contributed by atoms with E-state index in [4.69, 9.17) is 5.11 Å². The minimum atomic E-state index is -0.863. The minimum Gasteiger partial charge on any atom is -0.478 e. The molecule has 0 radical (unpaired) electrons. The third-order valence-corrected chi connectivity index (χ3v) is 1.74. The maximum atomic E-state index is 10.5. The van der Waals surface area contributed by atoms with Gasteiger partial charge in [-0.2, -0.15) is 0 Å². The SMILES string of the molecule is CBCc1ccc(C(=O)O)cc1. The van der Waals surface area contributed by atoms with Gasteiger partial charge in [0.25, 0.3) is 0 Å². The van der Waals surface area contributed by atoms with Gasteiger partial charge in [-0.15, -0.1) is 0 Å². The molecule has 0 spiro atoms. The van der Waals surface area contributed by atoms with E-state index in [0.29, 0.717) is 5.56 Å². The van der Waals surface area contributed by atoms with Crippen LogP contribution in [0.1, 0.15) is 15.9 Å². The van der Waals surface area contributed by atoms with Crippen LogP contribution in [0.3, 0.4) is 0 Å². The molecule has 0 unspecified atom stereocenters. The highest BCUT2D eigenvalue weighted by molar-refractivity contribution is 6.32. The van der Waals surface area contributed by atoms with E-state index in [9.17, 15) is 4.79 Å². The molecule has 1 rings (SSSR count). The maximum Gasteiger partial charge on any atom is 0.335 e. The number of carboxylic acids is 1. The molecule has 62 valence electrons. The van der Waals surface area contributed by atoms with Crippen LogP contribution in [0.15, 0.2) is 24.3 Å². The molecule has 0 aromatic heterocycles. The van der Waals surface area contributed by atoms with Gasteiger partial charge < -0.3 is 5.11 Å². The Balaban J connectivity index is 2.78. The number of aromatic carboxylic acids is 1. The van der Waals surface area contributed by atoms with Crippen molar-refractivity contribution in [2.24, 2.45) is 0 Å². The predicted molar refractivity (Wildman–Crippen MR) is 50.1 cm³/mol. The Hall–Kier alpha value is -1.25. The predicted octanol–water partition coefficient (Wildman–Crippen LogP) is 1.37. The summed E-state index contributed by atoms with van der Waals surface area (Å²) in [6.45, 7) is 2.10. The van der Waals surface area contributed by atoms with Crippen LogP contribution < -0.4 is 0 Å². The molecule has 0 atom stereocenters. The lowest BCUT2D eigenvalue weighted by atomic mass is 9.75. The van der Waals surface area contributed by atoms with Gasteiger partial charge in [-0.3, -0.25) is 0 Å². The maximum absolute atomic E-state index is 10.5. The van der Waals surface area contributed by atoms with E-state index < -0.39 is 5.97 Å². The molecule has 1 aromatic rings. The quantitative estimate of drug-likeness (QED) is 0.681. The fraction of sp³-hybridized carbons (Fsp3) is 0.222. The lowest BCUT2D eigenvalue weighted by Gasteiger charge is -1.97. The second kappa shape index (κ2) is 3.95. The van der Waals surface area contributed by atoms with E-state index in [1.807, 2.05) is 12.1 Å². The Morgan fingerprint density at radius 3 is 2.42 bits per heavy atom. The number of rotatable bonds is 3. The molecule has 2 nitrogen and oxygen atoms in total.